The molecule has 6 heteroatoms. The number of ether oxygens (including phenoxy) is 3. The second-order valence-corrected chi connectivity index (χ2v) is 5.36. The molecule has 0 saturated heterocycles. The zero-order chi connectivity index (χ0) is 16.9. The summed E-state index contributed by atoms with van der Waals surface area (Å²) in [6.07, 6.45) is 0.361. The van der Waals surface area contributed by atoms with Crippen molar-refractivity contribution in [2.75, 3.05) is 21.3 Å². The SMILES string of the molecule is COc1ccc(OC)c(C(C)C(C)CC(N)C(=O)O)c1OC. The van der Waals surface area contributed by atoms with Crippen molar-refractivity contribution in [3.63, 3.8) is 0 Å². The van der Waals surface area contributed by atoms with E-state index in [2.05, 4.69) is 0 Å². The number of methoxy groups -OCH3 is 3. The second kappa shape index (κ2) is 7.89. The van der Waals surface area contributed by atoms with Crippen LogP contribution in [0.5, 0.6) is 17.2 Å². The molecule has 0 aliphatic carbocycles. The van der Waals surface area contributed by atoms with Gasteiger partial charge in [0, 0.05) is 5.56 Å². The zero-order valence-electron chi connectivity index (χ0n) is 13.8. The lowest BCUT2D eigenvalue weighted by Crippen LogP contribution is -2.32. The maximum absolute atomic E-state index is 10.9. The van der Waals surface area contributed by atoms with Crippen molar-refractivity contribution < 1.29 is 24.1 Å². The molecule has 1 rings (SSSR count). The summed E-state index contributed by atoms with van der Waals surface area (Å²) >= 11 is 0. The molecule has 0 saturated carbocycles. The van der Waals surface area contributed by atoms with E-state index in [4.69, 9.17) is 25.1 Å². The van der Waals surface area contributed by atoms with Gasteiger partial charge in [-0.3, -0.25) is 4.79 Å². The fraction of sp³-hybridized carbons (Fsp3) is 0.562. The zero-order valence-corrected chi connectivity index (χ0v) is 13.8. The molecule has 0 fully saturated rings. The van der Waals surface area contributed by atoms with Crippen LogP contribution in [-0.4, -0.2) is 38.4 Å². The molecule has 3 unspecified atom stereocenters. The molecule has 0 radical (unpaired) electrons. The molecule has 0 spiro atoms. The summed E-state index contributed by atoms with van der Waals surface area (Å²) in [5, 5.41) is 8.97. The number of carboxylic acids is 1. The summed E-state index contributed by atoms with van der Waals surface area (Å²) in [7, 11) is 4.73. The Bertz CT molecular complexity index is 518. The lowest BCUT2D eigenvalue weighted by molar-refractivity contribution is -0.138. The topological polar surface area (TPSA) is 91.0 Å². The minimum absolute atomic E-state index is 0.00889. The van der Waals surface area contributed by atoms with Crippen LogP contribution in [0.2, 0.25) is 0 Å². The van der Waals surface area contributed by atoms with E-state index < -0.39 is 12.0 Å². The molecule has 124 valence electrons. The molecular formula is C16H25NO5. The van der Waals surface area contributed by atoms with Crippen molar-refractivity contribution in [2.24, 2.45) is 11.7 Å². The smallest absolute Gasteiger partial charge is 0.320 e. The van der Waals surface area contributed by atoms with Gasteiger partial charge >= 0.3 is 5.97 Å². The van der Waals surface area contributed by atoms with Gasteiger partial charge in [0.05, 0.1) is 21.3 Å². The molecule has 0 bridgehead atoms. The van der Waals surface area contributed by atoms with E-state index in [9.17, 15) is 4.79 Å². The van der Waals surface area contributed by atoms with Gasteiger partial charge < -0.3 is 25.1 Å². The quantitative estimate of drug-likeness (QED) is 0.765. The van der Waals surface area contributed by atoms with Crippen LogP contribution >= 0.6 is 0 Å². The van der Waals surface area contributed by atoms with Gasteiger partial charge in [0.1, 0.15) is 11.8 Å². The molecule has 0 aromatic heterocycles. The number of carbonyl (C=O) groups is 1. The summed E-state index contributed by atoms with van der Waals surface area (Å²) < 4.78 is 16.2. The van der Waals surface area contributed by atoms with Gasteiger partial charge in [0.2, 0.25) is 0 Å². The number of hydrogen-bond acceptors (Lipinski definition) is 5. The number of carboxylic acid groups (broad SMARTS) is 1. The standard InChI is InChI=1S/C16H25NO5/c1-9(8-11(17)16(18)19)10(2)14-12(20-3)6-7-13(21-4)15(14)22-5/h6-7,9-11H,8,17H2,1-5H3,(H,18,19). The van der Waals surface area contributed by atoms with E-state index in [-0.39, 0.29) is 11.8 Å². The van der Waals surface area contributed by atoms with Crippen molar-refractivity contribution in [1.82, 2.24) is 0 Å². The molecule has 22 heavy (non-hydrogen) atoms. The van der Waals surface area contributed by atoms with E-state index in [0.29, 0.717) is 23.7 Å². The van der Waals surface area contributed by atoms with Crippen LogP contribution in [0.3, 0.4) is 0 Å². The average Bonchev–Trinajstić information content (AvgIpc) is 2.51. The fourth-order valence-corrected chi connectivity index (χ4v) is 2.53. The molecule has 3 N–H and O–H groups in total. The summed E-state index contributed by atoms with van der Waals surface area (Å²) in [4.78, 5) is 10.9. The van der Waals surface area contributed by atoms with E-state index in [0.717, 1.165) is 5.56 Å². The van der Waals surface area contributed by atoms with E-state index in [1.807, 2.05) is 19.9 Å². The van der Waals surface area contributed by atoms with Crippen molar-refractivity contribution >= 4 is 5.97 Å². The van der Waals surface area contributed by atoms with Gasteiger partial charge in [0.15, 0.2) is 11.5 Å². The average molecular weight is 311 g/mol. The third-order valence-electron chi connectivity index (χ3n) is 4.02. The minimum Gasteiger partial charge on any atom is -0.496 e. The molecule has 0 aliphatic heterocycles. The fourth-order valence-electron chi connectivity index (χ4n) is 2.53. The van der Waals surface area contributed by atoms with Gasteiger partial charge in [-0.25, -0.2) is 0 Å². The van der Waals surface area contributed by atoms with Gasteiger partial charge in [-0.2, -0.15) is 0 Å². The van der Waals surface area contributed by atoms with Gasteiger partial charge in [-0.05, 0) is 30.4 Å². The first-order valence-electron chi connectivity index (χ1n) is 7.14. The molecule has 0 aliphatic rings. The van der Waals surface area contributed by atoms with Crippen molar-refractivity contribution in [3.8, 4) is 17.2 Å². The maximum Gasteiger partial charge on any atom is 0.320 e. The van der Waals surface area contributed by atoms with Gasteiger partial charge in [-0.15, -0.1) is 0 Å². The van der Waals surface area contributed by atoms with E-state index >= 15 is 0 Å². The third-order valence-corrected chi connectivity index (χ3v) is 4.02. The van der Waals surface area contributed by atoms with E-state index in [1.165, 1.54) is 0 Å². The van der Waals surface area contributed by atoms with Gasteiger partial charge in [-0.1, -0.05) is 13.8 Å². The number of nitrogens with two attached hydrogens (primary N) is 1. The highest BCUT2D eigenvalue weighted by atomic mass is 16.5. The number of rotatable bonds is 8. The van der Waals surface area contributed by atoms with Crippen molar-refractivity contribution in [2.45, 2.75) is 32.2 Å². The maximum atomic E-state index is 10.9. The lowest BCUT2D eigenvalue weighted by atomic mass is 9.83. The van der Waals surface area contributed by atoms with Crippen LogP contribution < -0.4 is 19.9 Å². The highest BCUT2D eigenvalue weighted by molar-refractivity contribution is 5.73. The molecule has 1 aromatic rings. The Morgan fingerprint density at radius 1 is 1.14 bits per heavy atom. The summed E-state index contributed by atoms with van der Waals surface area (Å²) in [5.74, 6) is 0.918. The van der Waals surface area contributed by atoms with Crippen LogP contribution in [0.15, 0.2) is 12.1 Å². The first-order valence-corrected chi connectivity index (χ1v) is 7.14. The first kappa shape index (κ1) is 18.1. The largest absolute Gasteiger partial charge is 0.496 e. The van der Waals surface area contributed by atoms with Crippen LogP contribution in [0.4, 0.5) is 0 Å². The summed E-state index contributed by atoms with van der Waals surface area (Å²) in [6, 6.07) is 2.71. The Morgan fingerprint density at radius 2 is 1.68 bits per heavy atom. The summed E-state index contributed by atoms with van der Waals surface area (Å²) in [5.41, 5.74) is 6.50. The van der Waals surface area contributed by atoms with E-state index in [1.54, 1.807) is 27.4 Å². The normalized spacial score (nSPS) is 14.8. The van der Waals surface area contributed by atoms with Crippen LogP contribution in [0, 0.1) is 5.92 Å². The molecule has 3 atom stereocenters. The predicted octanol–water partition coefficient (Wildman–Crippen LogP) is 2.25. The van der Waals surface area contributed by atoms with Crippen molar-refractivity contribution in [1.29, 1.82) is 0 Å². The van der Waals surface area contributed by atoms with Gasteiger partial charge in [0.25, 0.3) is 0 Å². The molecule has 6 nitrogen and oxygen atoms in total. The first-order chi connectivity index (χ1) is 10.4. The highest BCUT2D eigenvalue weighted by Crippen LogP contribution is 2.44. The Morgan fingerprint density at radius 3 is 2.14 bits per heavy atom. The number of aliphatic carboxylic acids is 1. The molecule has 1 aromatic carbocycles. The number of hydrogen-bond donors (Lipinski definition) is 2. The third kappa shape index (κ3) is 3.82. The Balaban J connectivity index is 3.19. The molecule has 0 heterocycles. The monoisotopic (exact) mass is 311 g/mol. The Kier molecular flexibility index (Phi) is 6.49. The predicted molar refractivity (Wildman–Crippen MR) is 83.9 cm³/mol. The number of benzene rings is 1. The summed E-state index contributed by atoms with van der Waals surface area (Å²) in [6.45, 7) is 3.96. The Hall–Kier alpha value is -1.95. The van der Waals surface area contributed by atoms with Crippen LogP contribution in [0.1, 0.15) is 31.7 Å². The molecule has 0 amide bonds. The second-order valence-electron chi connectivity index (χ2n) is 5.36. The molecular weight excluding hydrogens is 286 g/mol. The van der Waals surface area contributed by atoms with Crippen molar-refractivity contribution in [3.05, 3.63) is 17.7 Å². The van der Waals surface area contributed by atoms with Crippen LogP contribution in [-0.2, 0) is 4.79 Å². The van der Waals surface area contributed by atoms with Crippen LogP contribution in [0.25, 0.3) is 0 Å². The highest BCUT2D eigenvalue weighted by Gasteiger charge is 2.27. The Labute approximate surface area is 131 Å². The lowest BCUT2D eigenvalue weighted by Gasteiger charge is -2.26. The minimum atomic E-state index is -0.997.